The van der Waals surface area contributed by atoms with Crippen LogP contribution in [0.4, 0.5) is 0 Å². The van der Waals surface area contributed by atoms with Crippen molar-refractivity contribution in [3.63, 3.8) is 0 Å². The number of benzene rings is 3. The van der Waals surface area contributed by atoms with Gasteiger partial charge in [-0.3, -0.25) is 4.79 Å². The van der Waals surface area contributed by atoms with E-state index in [4.69, 9.17) is 28.4 Å². The topological polar surface area (TPSA) is 124 Å². The molecule has 0 aliphatic heterocycles. The number of hydrogen-bond donors (Lipinski definition) is 0. The lowest BCUT2D eigenvalue weighted by molar-refractivity contribution is -0.151. The SMILES string of the molecule is C=CC(=O)OCCOc1ccc2c(c1CC)C(C)c1cc(C(=O)Oc3ccc(OCCCCCCOC(=O)C(=C)CC(=O)OC4CCCCC4)cc3)ccc1-2. The zero-order valence-electron chi connectivity index (χ0n) is 32.0. The lowest BCUT2D eigenvalue weighted by Crippen LogP contribution is -2.22. The molecule has 0 amide bonds. The minimum absolute atomic E-state index is 0.0449. The van der Waals surface area contributed by atoms with Gasteiger partial charge >= 0.3 is 23.9 Å². The lowest BCUT2D eigenvalue weighted by atomic mass is 9.92. The Kier molecular flexibility index (Phi) is 15.1. The monoisotopic (exact) mass is 752 g/mol. The third kappa shape index (κ3) is 11.3. The fourth-order valence-electron chi connectivity index (χ4n) is 7.12. The molecule has 1 fully saturated rings. The number of hydrogen-bond acceptors (Lipinski definition) is 10. The van der Waals surface area contributed by atoms with Gasteiger partial charge in [0.1, 0.15) is 36.6 Å². The first kappa shape index (κ1) is 40.8. The molecule has 2 aliphatic rings. The van der Waals surface area contributed by atoms with E-state index in [1.165, 1.54) is 12.0 Å². The van der Waals surface area contributed by atoms with E-state index in [-0.39, 0.29) is 43.8 Å². The third-order valence-corrected chi connectivity index (χ3v) is 9.97. The van der Waals surface area contributed by atoms with Crippen LogP contribution in [-0.2, 0) is 35.0 Å². The fraction of sp³-hybridized carbons (Fsp3) is 0.422. The van der Waals surface area contributed by atoms with Crippen LogP contribution in [0.1, 0.15) is 111 Å². The maximum atomic E-state index is 13.2. The maximum absolute atomic E-state index is 13.2. The predicted octanol–water partition coefficient (Wildman–Crippen LogP) is 9.01. The van der Waals surface area contributed by atoms with Gasteiger partial charge in [0.15, 0.2) is 0 Å². The Morgan fingerprint density at radius 2 is 1.49 bits per heavy atom. The number of carbonyl (C=O) groups is 4. The Balaban J connectivity index is 0.999. The minimum Gasteiger partial charge on any atom is -0.494 e. The van der Waals surface area contributed by atoms with Crippen molar-refractivity contribution in [2.45, 2.75) is 96.5 Å². The van der Waals surface area contributed by atoms with E-state index in [0.29, 0.717) is 30.1 Å². The minimum atomic E-state index is -0.554. The van der Waals surface area contributed by atoms with E-state index in [1.54, 1.807) is 30.3 Å². The molecule has 10 nitrogen and oxygen atoms in total. The summed E-state index contributed by atoms with van der Waals surface area (Å²) in [6.07, 6.45) is 10.1. The number of fused-ring (bicyclic) bond motifs is 3. The molecule has 55 heavy (non-hydrogen) atoms. The van der Waals surface area contributed by atoms with Crippen molar-refractivity contribution >= 4 is 23.9 Å². The van der Waals surface area contributed by atoms with Gasteiger partial charge in [0.05, 0.1) is 25.2 Å². The predicted molar refractivity (Wildman–Crippen MR) is 208 cm³/mol. The summed E-state index contributed by atoms with van der Waals surface area (Å²) in [6.45, 7) is 12.5. The molecule has 0 heterocycles. The molecule has 10 heteroatoms. The fourth-order valence-corrected chi connectivity index (χ4v) is 7.12. The van der Waals surface area contributed by atoms with E-state index in [2.05, 4.69) is 27.0 Å². The van der Waals surface area contributed by atoms with Crippen molar-refractivity contribution in [2.24, 2.45) is 0 Å². The number of unbranched alkanes of at least 4 members (excludes halogenated alkanes) is 3. The Morgan fingerprint density at radius 3 is 2.22 bits per heavy atom. The first-order chi connectivity index (χ1) is 26.7. The first-order valence-electron chi connectivity index (χ1n) is 19.4. The number of rotatable bonds is 20. The van der Waals surface area contributed by atoms with Gasteiger partial charge in [-0.05, 0) is 128 Å². The van der Waals surface area contributed by atoms with Crippen molar-refractivity contribution in [1.82, 2.24) is 0 Å². The second kappa shape index (κ2) is 20.3. The number of esters is 4. The maximum Gasteiger partial charge on any atom is 0.343 e. The van der Waals surface area contributed by atoms with E-state index >= 15 is 0 Å². The molecule has 0 radical (unpaired) electrons. The highest BCUT2D eigenvalue weighted by Crippen LogP contribution is 2.48. The zero-order valence-corrected chi connectivity index (χ0v) is 32.0. The molecule has 292 valence electrons. The first-order valence-corrected chi connectivity index (χ1v) is 19.4. The molecule has 1 atom stereocenters. The Bertz CT molecular complexity index is 1840. The molecule has 0 saturated heterocycles. The molecule has 5 rings (SSSR count). The van der Waals surface area contributed by atoms with Gasteiger partial charge in [0, 0.05) is 17.6 Å². The summed E-state index contributed by atoms with van der Waals surface area (Å²) >= 11 is 0. The van der Waals surface area contributed by atoms with E-state index in [0.717, 1.165) is 85.4 Å². The molecule has 0 bridgehead atoms. The van der Waals surface area contributed by atoms with Crippen LogP contribution in [0.15, 0.2) is 79.4 Å². The molecule has 0 spiro atoms. The van der Waals surface area contributed by atoms with Gasteiger partial charge in [0.25, 0.3) is 0 Å². The molecule has 3 aromatic rings. The van der Waals surface area contributed by atoms with Crippen LogP contribution in [0.5, 0.6) is 17.2 Å². The Labute approximate surface area is 323 Å². The van der Waals surface area contributed by atoms with Crippen molar-refractivity contribution < 1.29 is 47.6 Å². The highest BCUT2D eigenvalue weighted by Gasteiger charge is 2.30. The van der Waals surface area contributed by atoms with E-state index in [9.17, 15) is 19.2 Å². The molecule has 1 saturated carbocycles. The largest absolute Gasteiger partial charge is 0.494 e. The van der Waals surface area contributed by atoms with Crippen LogP contribution in [0.2, 0.25) is 0 Å². The summed E-state index contributed by atoms with van der Waals surface area (Å²) in [5.74, 6) is -0.00644. The van der Waals surface area contributed by atoms with Gasteiger partial charge in [0.2, 0.25) is 0 Å². The number of ether oxygens (including phenoxy) is 6. The van der Waals surface area contributed by atoms with Crippen molar-refractivity contribution in [3.05, 3.63) is 102 Å². The van der Waals surface area contributed by atoms with Crippen LogP contribution in [-0.4, -0.2) is 56.4 Å². The van der Waals surface area contributed by atoms with Gasteiger partial charge in [-0.25, -0.2) is 14.4 Å². The quantitative estimate of drug-likeness (QED) is 0.0363. The van der Waals surface area contributed by atoms with Crippen LogP contribution < -0.4 is 14.2 Å². The summed E-state index contributed by atoms with van der Waals surface area (Å²) in [7, 11) is 0. The van der Waals surface area contributed by atoms with Crippen LogP contribution >= 0.6 is 0 Å². The molecule has 0 aromatic heterocycles. The molecular weight excluding hydrogens is 700 g/mol. The standard InChI is InChI=1S/C45H52O10/c1-5-36-40(51-26-27-52-41(46)6-2)23-22-38-37-21-16-32(29-39(37)31(4)43(36)38)45(49)55-35-19-17-33(18-20-35)50-24-12-7-8-13-25-53-44(48)30(3)28-42(47)54-34-14-10-9-11-15-34/h6,16-23,29,31,34H,2-3,5,7-15,24-28H2,1,4H3. The highest BCUT2D eigenvalue weighted by molar-refractivity contribution is 5.94. The summed E-state index contributed by atoms with van der Waals surface area (Å²) in [6, 6.07) is 16.6. The second-order valence-electron chi connectivity index (χ2n) is 13.9. The zero-order chi connectivity index (χ0) is 39.2. The molecule has 2 aliphatic carbocycles. The van der Waals surface area contributed by atoms with Crippen LogP contribution in [0.3, 0.4) is 0 Å². The average Bonchev–Trinajstić information content (AvgIpc) is 3.48. The summed E-state index contributed by atoms with van der Waals surface area (Å²) < 4.78 is 33.4. The second-order valence-corrected chi connectivity index (χ2v) is 13.9. The van der Waals surface area contributed by atoms with Crippen molar-refractivity contribution in [1.29, 1.82) is 0 Å². The average molecular weight is 753 g/mol. The van der Waals surface area contributed by atoms with E-state index < -0.39 is 23.9 Å². The summed E-state index contributed by atoms with van der Waals surface area (Å²) in [5.41, 5.74) is 6.10. The molecule has 0 N–H and O–H groups in total. The Morgan fingerprint density at radius 1 is 0.782 bits per heavy atom. The number of carbonyl (C=O) groups excluding carboxylic acids is 4. The summed E-state index contributed by atoms with van der Waals surface area (Å²) in [4.78, 5) is 48.9. The van der Waals surface area contributed by atoms with Crippen molar-refractivity contribution in [3.8, 4) is 28.4 Å². The van der Waals surface area contributed by atoms with Gasteiger partial charge in [-0.2, -0.15) is 0 Å². The van der Waals surface area contributed by atoms with Crippen LogP contribution in [0.25, 0.3) is 11.1 Å². The molecular formula is C45H52O10. The summed E-state index contributed by atoms with van der Waals surface area (Å²) in [5, 5.41) is 0. The highest BCUT2D eigenvalue weighted by atomic mass is 16.6. The molecule has 1 unspecified atom stereocenters. The smallest absolute Gasteiger partial charge is 0.343 e. The van der Waals surface area contributed by atoms with Gasteiger partial charge < -0.3 is 28.4 Å². The van der Waals surface area contributed by atoms with Crippen molar-refractivity contribution in [2.75, 3.05) is 26.4 Å². The van der Waals surface area contributed by atoms with E-state index in [1.807, 2.05) is 24.3 Å². The third-order valence-electron chi connectivity index (χ3n) is 9.97. The normalized spacial score (nSPS) is 14.5. The molecule has 3 aromatic carbocycles. The van der Waals surface area contributed by atoms with Crippen LogP contribution in [0, 0.1) is 0 Å². The van der Waals surface area contributed by atoms with Gasteiger partial charge in [-0.1, -0.05) is 45.6 Å². The Hall–Kier alpha value is -5.38. The lowest BCUT2D eigenvalue weighted by Gasteiger charge is -2.21. The van der Waals surface area contributed by atoms with Gasteiger partial charge in [-0.15, -0.1) is 0 Å².